The summed E-state index contributed by atoms with van der Waals surface area (Å²) >= 11 is 0. The quantitative estimate of drug-likeness (QED) is 0.544. The van der Waals surface area contributed by atoms with Crippen molar-refractivity contribution in [3.05, 3.63) is 35.8 Å². The van der Waals surface area contributed by atoms with Gasteiger partial charge in [0, 0.05) is 62.1 Å². The SMILES string of the molecule is CN1CCN(c2ccc(Nc3ncc(C[C@@H]4CCNC4=O)c(N(C=O)C4CCCC4)n3)c(F)c2)CC1. The lowest BCUT2D eigenvalue weighted by atomic mass is 9.99. The first-order chi connectivity index (χ1) is 17.5. The van der Waals surface area contributed by atoms with Crippen molar-refractivity contribution in [3.8, 4) is 0 Å². The van der Waals surface area contributed by atoms with Gasteiger partial charge in [-0.1, -0.05) is 12.8 Å². The smallest absolute Gasteiger partial charge is 0.229 e. The predicted octanol–water partition coefficient (Wildman–Crippen LogP) is 2.70. The number of amides is 2. The number of piperazine rings is 1. The zero-order chi connectivity index (χ0) is 25.1. The largest absolute Gasteiger partial charge is 0.369 e. The lowest BCUT2D eigenvalue weighted by Crippen LogP contribution is -2.44. The molecule has 2 aliphatic heterocycles. The van der Waals surface area contributed by atoms with E-state index in [0.29, 0.717) is 18.8 Å². The van der Waals surface area contributed by atoms with E-state index in [1.54, 1.807) is 17.2 Å². The highest BCUT2D eigenvalue weighted by Crippen LogP contribution is 2.32. The molecule has 0 unspecified atom stereocenters. The third-order valence-corrected chi connectivity index (χ3v) is 7.61. The fourth-order valence-corrected chi connectivity index (χ4v) is 5.41. The summed E-state index contributed by atoms with van der Waals surface area (Å²) in [5, 5.41) is 5.87. The fourth-order valence-electron chi connectivity index (χ4n) is 5.41. The van der Waals surface area contributed by atoms with E-state index >= 15 is 4.39 Å². The molecule has 1 saturated carbocycles. The molecule has 2 amide bonds. The van der Waals surface area contributed by atoms with Gasteiger partial charge in [0.1, 0.15) is 11.6 Å². The molecule has 0 radical (unpaired) electrons. The summed E-state index contributed by atoms with van der Waals surface area (Å²) in [6.07, 6.45) is 7.66. The molecule has 1 aromatic carbocycles. The summed E-state index contributed by atoms with van der Waals surface area (Å²) in [5.41, 5.74) is 1.89. The monoisotopic (exact) mass is 495 g/mol. The Morgan fingerprint density at radius 1 is 1.19 bits per heavy atom. The molecular weight excluding hydrogens is 461 g/mol. The average Bonchev–Trinajstić information content (AvgIpc) is 3.55. The number of rotatable bonds is 8. The molecule has 1 aromatic heterocycles. The first-order valence-electron chi connectivity index (χ1n) is 12.9. The molecule has 3 heterocycles. The Labute approximate surface area is 211 Å². The number of benzene rings is 1. The molecule has 5 rings (SSSR count). The number of carbonyl (C=O) groups is 2. The molecule has 192 valence electrons. The number of hydrogen-bond donors (Lipinski definition) is 2. The lowest BCUT2D eigenvalue weighted by Gasteiger charge is -2.34. The highest BCUT2D eigenvalue weighted by Gasteiger charge is 2.30. The Morgan fingerprint density at radius 3 is 2.64 bits per heavy atom. The maximum atomic E-state index is 15.1. The van der Waals surface area contributed by atoms with Crippen LogP contribution >= 0.6 is 0 Å². The van der Waals surface area contributed by atoms with Gasteiger partial charge in [-0.15, -0.1) is 0 Å². The highest BCUT2D eigenvalue weighted by molar-refractivity contribution is 5.82. The van der Waals surface area contributed by atoms with E-state index in [9.17, 15) is 9.59 Å². The van der Waals surface area contributed by atoms with Gasteiger partial charge in [-0.05, 0) is 50.9 Å². The van der Waals surface area contributed by atoms with E-state index in [4.69, 9.17) is 0 Å². The predicted molar refractivity (Wildman–Crippen MR) is 137 cm³/mol. The second-order valence-electron chi connectivity index (χ2n) is 10.1. The van der Waals surface area contributed by atoms with E-state index in [-0.39, 0.29) is 35.3 Å². The molecule has 3 aliphatic rings. The summed E-state index contributed by atoms with van der Waals surface area (Å²) in [6, 6.07) is 5.22. The molecule has 1 atom stereocenters. The number of nitrogens with zero attached hydrogens (tertiary/aromatic N) is 5. The molecule has 9 nitrogen and oxygen atoms in total. The topological polar surface area (TPSA) is 93.7 Å². The van der Waals surface area contributed by atoms with Crippen LogP contribution in [-0.4, -0.2) is 73.0 Å². The van der Waals surface area contributed by atoms with Crippen LogP contribution in [0.1, 0.15) is 37.7 Å². The first kappa shape index (κ1) is 24.4. The van der Waals surface area contributed by atoms with Gasteiger partial charge in [0.2, 0.25) is 18.3 Å². The van der Waals surface area contributed by atoms with Crippen molar-refractivity contribution in [2.45, 2.75) is 44.6 Å². The van der Waals surface area contributed by atoms with E-state index in [1.165, 1.54) is 6.07 Å². The molecular formula is C26H34FN7O2. The summed E-state index contributed by atoms with van der Waals surface area (Å²) in [7, 11) is 2.09. The number of hydrogen-bond acceptors (Lipinski definition) is 7. The van der Waals surface area contributed by atoms with Crippen molar-refractivity contribution >= 4 is 35.5 Å². The van der Waals surface area contributed by atoms with Crippen molar-refractivity contribution in [1.82, 2.24) is 20.2 Å². The number of aromatic nitrogens is 2. The van der Waals surface area contributed by atoms with Crippen LogP contribution in [0.2, 0.25) is 0 Å². The van der Waals surface area contributed by atoms with Crippen LogP contribution < -0.4 is 20.4 Å². The molecule has 2 saturated heterocycles. The van der Waals surface area contributed by atoms with Gasteiger partial charge in [-0.2, -0.15) is 4.98 Å². The van der Waals surface area contributed by atoms with Crippen LogP contribution in [0.3, 0.4) is 0 Å². The van der Waals surface area contributed by atoms with E-state index in [0.717, 1.165) is 75.9 Å². The van der Waals surface area contributed by atoms with Gasteiger partial charge in [0.25, 0.3) is 0 Å². The van der Waals surface area contributed by atoms with Gasteiger partial charge in [-0.3, -0.25) is 14.5 Å². The van der Waals surface area contributed by atoms with Crippen molar-refractivity contribution in [2.24, 2.45) is 5.92 Å². The Bertz CT molecular complexity index is 1100. The molecule has 0 bridgehead atoms. The van der Waals surface area contributed by atoms with Gasteiger partial charge in [-0.25, -0.2) is 9.37 Å². The van der Waals surface area contributed by atoms with Crippen LogP contribution in [-0.2, 0) is 16.0 Å². The van der Waals surface area contributed by atoms with Crippen molar-refractivity contribution in [1.29, 1.82) is 0 Å². The van der Waals surface area contributed by atoms with Crippen molar-refractivity contribution < 1.29 is 14.0 Å². The molecule has 1 aliphatic carbocycles. The third-order valence-electron chi connectivity index (χ3n) is 7.61. The second-order valence-corrected chi connectivity index (χ2v) is 10.1. The van der Waals surface area contributed by atoms with E-state index < -0.39 is 0 Å². The Kier molecular flexibility index (Phi) is 7.31. The number of carbonyl (C=O) groups excluding carboxylic acids is 2. The first-order valence-corrected chi connectivity index (χ1v) is 12.9. The minimum Gasteiger partial charge on any atom is -0.369 e. The van der Waals surface area contributed by atoms with Gasteiger partial charge < -0.3 is 20.4 Å². The third kappa shape index (κ3) is 5.28. The minimum atomic E-state index is -0.383. The summed E-state index contributed by atoms with van der Waals surface area (Å²) in [4.78, 5) is 39.6. The summed E-state index contributed by atoms with van der Waals surface area (Å²) in [6.45, 7) is 4.27. The maximum absolute atomic E-state index is 15.1. The fraction of sp³-hybridized carbons (Fsp3) is 0.538. The highest BCUT2D eigenvalue weighted by atomic mass is 19.1. The maximum Gasteiger partial charge on any atom is 0.229 e. The van der Waals surface area contributed by atoms with Crippen LogP contribution in [0, 0.1) is 11.7 Å². The van der Waals surface area contributed by atoms with Crippen molar-refractivity contribution in [3.63, 3.8) is 0 Å². The molecule has 2 aromatic rings. The number of nitrogens with one attached hydrogen (secondary N) is 2. The van der Waals surface area contributed by atoms with Crippen LogP contribution in [0.5, 0.6) is 0 Å². The molecule has 36 heavy (non-hydrogen) atoms. The Morgan fingerprint density at radius 2 is 1.97 bits per heavy atom. The van der Waals surface area contributed by atoms with Gasteiger partial charge in [0.05, 0.1) is 5.69 Å². The van der Waals surface area contributed by atoms with Gasteiger partial charge in [0.15, 0.2) is 0 Å². The summed E-state index contributed by atoms with van der Waals surface area (Å²) < 4.78 is 15.1. The average molecular weight is 496 g/mol. The zero-order valence-electron chi connectivity index (χ0n) is 20.8. The van der Waals surface area contributed by atoms with E-state index in [2.05, 4.69) is 37.4 Å². The molecule has 0 spiro atoms. The van der Waals surface area contributed by atoms with Crippen LogP contribution in [0.25, 0.3) is 0 Å². The van der Waals surface area contributed by atoms with Gasteiger partial charge >= 0.3 is 0 Å². The number of likely N-dealkylation sites (N-methyl/N-ethyl adjacent to an activating group) is 1. The summed E-state index contributed by atoms with van der Waals surface area (Å²) in [5.74, 6) is 0.197. The Hall–Kier alpha value is -3.27. The van der Waals surface area contributed by atoms with Crippen molar-refractivity contribution in [2.75, 3.05) is 54.9 Å². The standard InChI is InChI=1S/C26H34FN7O2/c1-32-10-12-33(13-11-32)21-6-7-23(22(27)15-21)30-26-29-16-19(14-18-8-9-28-25(18)36)24(31-26)34(17-35)20-4-2-3-5-20/h6-7,15-18,20H,2-5,8-14H2,1H3,(H,28,36)(H,29,30,31)/t18-/m0/s1. The van der Waals surface area contributed by atoms with Crippen LogP contribution in [0.15, 0.2) is 24.4 Å². The minimum absolute atomic E-state index is 0.0178. The number of halogens is 1. The lowest BCUT2D eigenvalue weighted by molar-refractivity contribution is -0.122. The normalized spacial score (nSPS) is 21.0. The molecule has 10 heteroatoms. The molecule has 2 N–H and O–H groups in total. The van der Waals surface area contributed by atoms with Crippen LogP contribution in [0.4, 0.5) is 27.5 Å². The molecule has 3 fully saturated rings. The van der Waals surface area contributed by atoms with E-state index in [1.807, 2.05) is 6.07 Å². The zero-order valence-corrected chi connectivity index (χ0v) is 20.8. The second kappa shape index (κ2) is 10.8. The number of anilines is 4. The Balaban J connectivity index is 1.39.